The van der Waals surface area contributed by atoms with E-state index in [1.165, 1.54) is 26.6 Å². The zero-order valence-electron chi connectivity index (χ0n) is 11.7. The minimum atomic E-state index is -0.432. The molecule has 1 aromatic heterocycles. The second-order valence-corrected chi connectivity index (χ2v) is 4.16. The Labute approximate surface area is 121 Å². The number of carbonyl (C=O) groups is 2. The smallest absolute Gasteiger partial charge is 0.207 e. The molecule has 0 N–H and O–H groups in total. The zero-order valence-corrected chi connectivity index (χ0v) is 11.7. The summed E-state index contributed by atoms with van der Waals surface area (Å²) in [5.41, 5.74) is 0.322. The van der Waals surface area contributed by atoms with Crippen LogP contribution in [0.25, 0.3) is 0 Å². The summed E-state index contributed by atoms with van der Waals surface area (Å²) in [6.45, 7) is 0. The third-order valence-electron chi connectivity index (χ3n) is 2.85. The summed E-state index contributed by atoms with van der Waals surface area (Å²) in [7, 11) is 2.97. The van der Waals surface area contributed by atoms with Gasteiger partial charge in [0.1, 0.15) is 11.5 Å². The molecule has 6 heteroatoms. The maximum Gasteiger partial charge on any atom is 0.207 e. The lowest BCUT2D eigenvalue weighted by molar-refractivity contribution is 0.0887. The molecular weight excluding hydrogens is 272 g/mol. The SMILES string of the molecule is COc1ccc(C(=O)CC(=O)c2ncccn2)c(OC)c1. The van der Waals surface area contributed by atoms with E-state index in [0.29, 0.717) is 17.1 Å². The van der Waals surface area contributed by atoms with Crippen molar-refractivity contribution < 1.29 is 19.1 Å². The first kappa shape index (κ1) is 14.6. The van der Waals surface area contributed by atoms with Crippen LogP contribution >= 0.6 is 0 Å². The fourth-order valence-electron chi connectivity index (χ4n) is 1.79. The van der Waals surface area contributed by atoms with Crippen LogP contribution in [0.2, 0.25) is 0 Å². The molecule has 0 aliphatic heterocycles. The average Bonchev–Trinajstić information content (AvgIpc) is 2.54. The van der Waals surface area contributed by atoms with Crippen molar-refractivity contribution in [1.82, 2.24) is 9.97 Å². The highest BCUT2D eigenvalue weighted by atomic mass is 16.5. The van der Waals surface area contributed by atoms with Gasteiger partial charge in [-0.15, -0.1) is 0 Å². The van der Waals surface area contributed by atoms with Crippen molar-refractivity contribution in [3.8, 4) is 11.5 Å². The second kappa shape index (κ2) is 6.60. The second-order valence-electron chi connectivity index (χ2n) is 4.16. The lowest BCUT2D eigenvalue weighted by Gasteiger charge is -2.09. The number of Topliss-reactive ketones (excluding diaryl/α,β-unsaturated/α-hetero) is 2. The fraction of sp³-hybridized carbons (Fsp3) is 0.200. The fourth-order valence-corrected chi connectivity index (χ4v) is 1.79. The molecular formula is C15H14N2O4. The van der Waals surface area contributed by atoms with Crippen LogP contribution in [0, 0.1) is 0 Å². The summed E-state index contributed by atoms with van der Waals surface area (Å²) in [6.07, 6.45) is 2.60. The molecule has 0 saturated heterocycles. The van der Waals surface area contributed by atoms with Gasteiger partial charge in [0.2, 0.25) is 5.78 Å². The number of hydrogen-bond donors (Lipinski definition) is 0. The molecule has 0 atom stereocenters. The van der Waals surface area contributed by atoms with Crippen LogP contribution in [-0.2, 0) is 0 Å². The highest BCUT2D eigenvalue weighted by Crippen LogP contribution is 2.25. The van der Waals surface area contributed by atoms with Crippen molar-refractivity contribution in [1.29, 1.82) is 0 Å². The van der Waals surface area contributed by atoms with Crippen LogP contribution in [0.15, 0.2) is 36.7 Å². The molecule has 2 aromatic rings. The van der Waals surface area contributed by atoms with Crippen LogP contribution in [0.5, 0.6) is 11.5 Å². The molecule has 0 spiro atoms. The highest BCUT2D eigenvalue weighted by molar-refractivity contribution is 6.13. The zero-order chi connectivity index (χ0) is 15.2. The van der Waals surface area contributed by atoms with Crippen LogP contribution in [0.3, 0.4) is 0 Å². The number of ketones is 2. The molecule has 6 nitrogen and oxygen atoms in total. The number of rotatable bonds is 6. The number of methoxy groups -OCH3 is 2. The van der Waals surface area contributed by atoms with Gasteiger partial charge in [0, 0.05) is 18.5 Å². The minimum absolute atomic E-state index is 0.0262. The monoisotopic (exact) mass is 286 g/mol. The van der Waals surface area contributed by atoms with E-state index >= 15 is 0 Å². The molecule has 1 aromatic carbocycles. The van der Waals surface area contributed by atoms with Gasteiger partial charge >= 0.3 is 0 Å². The maximum absolute atomic E-state index is 12.2. The Morgan fingerprint density at radius 1 is 1.05 bits per heavy atom. The van der Waals surface area contributed by atoms with Crippen LogP contribution in [0.1, 0.15) is 27.4 Å². The number of aromatic nitrogens is 2. The molecule has 108 valence electrons. The quantitative estimate of drug-likeness (QED) is 0.596. The molecule has 0 unspecified atom stereocenters. The van der Waals surface area contributed by atoms with E-state index in [-0.39, 0.29) is 18.0 Å². The molecule has 0 amide bonds. The lowest BCUT2D eigenvalue weighted by atomic mass is 10.0. The van der Waals surface area contributed by atoms with E-state index < -0.39 is 5.78 Å². The van der Waals surface area contributed by atoms with Gasteiger partial charge in [-0.1, -0.05) is 0 Å². The maximum atomic E-state index is 12.2. The minimum Gasteiger partial charge on any atom is -0.497 e. The molecule has 1 heterocycles. The Morgan fingerprint density at radius 3 is 2.38 bits per heavy atom. The Morgan fingerprint density at radius 2 is 1.76 bits per heavy atom. The van der Waals surface area contributed by atoms with Crippen molar-refractivity contribution in [2.24, 2.45) is 0 Å². The summed E-state index contributed by atoms with van der Waals surface area (Å²) in [6, 6.07) is 6.40. The van der Waals surface area contributed by atoms with E-state index in [0.717, 1.165) is 0 Å². The first-order chi connectivity index (χ1) is 10.2. The summed E-state index contributed by atoms with van der Waals surface area (Å²) >= 11 is 0. The number of hydrogen-bond acceptors (Lipinski definition) is 6. The summed E-state index contributed by atoms with van der Waals surface area (Å²) in [4.78, 5) is 31.8. The lowest BCUT2D eigenvalue weighted by Crippen LogP contribution is -2.12. The molecule has 0 aliphatic rings. The van der Waals surface area contributed by atoms with Gasteiger partial charge in [-0.3, -0.25) is 9.59 Å². The van der Waals surface area contributed by atoms with Crippen molar-refractivity contribution in [3.63, 3.8) is 0 Å². The predicted molar refractivity (Wildman–Crippen MR) is 74.9 cm³/mol. The van der Waals surface area contributed by atoms with Gasteiger partial charge in [0.05, 0.1) is 26.2 Å². The van der Waals surface area contributed by atoms with Crippen LogP contribution in [0.4, 0.5) is 0 Å². The topological polar surface area (TPSA) is 78.4 Å². The molecule has 0 aliphatic carbocycles. The summed E-state index contributed by atoms with van der Waals surface area (Å²) < 4.78 is 10.2. The normalized spacial score (nSPS) is 10.0. The summed E-state index contributed by atoms with van der Waals surface area (Å²) in [5.74, 6) is 0.172. The number of nitrogens with zero attached hydrogens (tertiary/aromatic N) is 2. The third kappa shape index (κ3) is 3.42. The number of carbonyl (C=O) groups excluding carboxylic acids is 2. The van der Waals surface area contributed by atoms with Crippen LogP contribution in [-0.4, -0.2) is 35.8 Å². The molecule has 0 bridgehead atoms. The molecule has 0 radical (unpaired) electrons. The van der Waals surface area contributed by atoms with E-state index in [1.54, 1.807) is 24.3 Å². The van der Waals surface area contributed by atoms with Crippen LogP contribution < -0.4 is 9.47 Å². The Kier molecular flexibility index (Phi) is 4.61. The van der Waals surface area contributed by atoms with Crippen molar-refractivity contribution >= 4 is 11.6 Å². The van der Waals surface area contributed by atoms with Crippen molar-refractivity contribution in [2.75, 3.05) is 14.2 Å². The van der Waals surface area contributed by atoms with Gasteiger partial charge in [-0.2, -0.15) is 0 Å². The highest BCUT2D eigenvalue weighted by Gasteiger charge is 2.19. The van der Waals surface area contributed by atoms with Gasteiger partial charge in [0.25, 0.3) is 0 Å². The van der Waals surface area contributed by atoms with Gasteiger partial charge in [-0.25, -0.2) is 9.97 Å². The van der Waals surface area contributed by atoms with Gasteiger partial charge < -0.3 is 9.47 Å². The van der Waals surface area contributed by atoms with Crippen molar-refractivity contribution in [3.05, 3.63) is 48.0 Å². The van der Waals surface area contributed by atoms with E-state index in [2.05, 4.69) is 9.97 Å². The Balaban J connectivity index is 2.19. The first-order valence-electron chi connectivity index (χ1n) is 6.21. The number of benzene rings is 1. The largest absolute Gasteiger partial charge is 0.497 e. The molecule has 21 heavy (non-hydrogen) atoms. The van der Waals surface area contributed by atoms with Gasteiger partial charge in [0.15, 0.2) is 11.6 Å². The third-order valence-corrected chi connectivity index (χ3v) is 2.85. The average molecular weight is 286 g/mol. The molecule has 2 rings (SSSR count). The van der Waals surface area contributed by atoms with E-state index in [1.807, 2.05) is 0 Å². The van der Waals surface area contributed by atoms with Gasteiger partial charge in [-0.05, 0) is 18.2 Å². The summed E-state index contributed by atoms with van der Waals surface area (Å²) in [5, 5.41) is 0. The predicted octanol–water partition coefficient (Wildman–Crippen LogP) is 1.95. The van der Waals surface area contributed by atoms with Crippen molar-refractivity contribution in [2.45, 2.75) is 6.42 Å². The van der Waals surface area contributed by atoms with E-state index in [9.17, 15) is 9.59 Å². The number of ether oxygens (including phenoxy) is 2. The first-order valence-corrected chi connectivity index (χ1v) is 6.21. The van der Waals surface area contributed by atoms with E-state index in [4.69, 9.17) is 9.47 Å². The Hall–Kier alpha value is -2.76. The molecule has 0 saturated carbocycles. The Bertz CT molecular complexity index is 656. The standard InChI is InChI=1S/C15H14N2O4/c1-20-10-4-5-11(14(8-10)21-2)12(18)9-13(19)15-16-6-3-7-17-15/h3-8H,9H2,1-2H3. The molecule has 0 fully saturated rings.